The lowest BCUT2D eigenvalue weighted by molar-refractivity contribution is -0.145. The van der Waals surface area contributed by atoms with Gasteiger partial charge in [0.15, 0.2) is 0 Å². The standard InChI is InChI=1S/C18H37N2O5P/c1-6-9-10-11-12-13-14-26(23,19-15(4)17(21)24-7-2)20-16(5)18(22)25-8-3/h15-16H,6-14H2,1-5H3,(H2,19,20,23)/t15-,16-/m0/s1. The summed E-state index contributed by atoms with van der Waals surface area (Å²) < 4.78 is 23.2. The summed E-state index contributed by atoms with van der Waals surface area (Å²) in [4.78, 5) is 23.7. The minimum atomic E-state index is -3.14. The van der Waals surface area contributed by atoms with E-state index in [1.165, 1.54) is 19.3 Å². The van der Waals surface area contributed by atoms with Crippen LogP contribution in [0.2, 0.25) is 0 Å². The van der Waals surface area contributed by atoms with Crippen LogP contribution >= 0.6 is 7.44 Å². The van der Waals surface area contributed by atoms with Gasteiger partial charge in [-0.2, -0.15) is 0 Å². The molecule has 2 N–H and O–H groups in total. The number of hydrogen-bond acceptors (Lipinski definition) is 5. The Bertz CT molecular complexity index is 429. The summed E-state index contributed by atoms with van der Waals surface area (Å²) >= 11 is 0. The molecule has 0 saturated carbocycles. The summed E-state index contributed by atoms with van der Waals surface area (Å²) in [6.07, 6.45) is 6.73. The zero-order chi connectivity index (χ0) is 20.0. The first-order valence-electron chi connectivity index (χ1n) is 9.77. The molecule has 26 heavy (non-hydrogen) atoms. The number of unbranched alkanes of at least 4 members (excludes halogenated alkanes) is 5. The van der Waals surface area contributed by atoms with Gasteiger partial charge in [0, 0.05) is 6.16 Å². The van der Waals surface area contributed by atoms with Gasteiger partial charge in [-0.05, 0) is 34.1 Å². The summed E-state index contributed by atoms with van der Waals surface area (Å²) in [5.41, 5.74) is 0. The third kappa shape index (κ3) is 10.9. The zero-order valence-corrected chi connectivity index (χ0v) is 17.9. The predicted molar refractivity (Wildman–Crippen MR) is 104 cm³/mol. The first-order valence-corrected chi connectivity index (χ1v) is 11.7. The monoisotopic (exact) mass is 392 g/mol. The molecule has 0 aliphatic heterocycles. The number of ether oxygens (including phenoxy) is 2. The van der Waals surface area contributed by atoms with Crippen molar-refractivity contribution < 1.29 is 23.6 Å². The van der Waals surface area contributed by atoms with E-state index in [0.29, 0.717) is 6.16 Å². The third-order valence-electron chi connectivity index (χ3n) is 3.91. The summed E-state index contributed by atoms with van der Waals surface area (Å²) in [5.74, 6) is -0.914. The second-order valence-corrected chi connectivity index (χ2v) is 8.88. The molecule has 0 spiro atoms. The van der Waals surface area contributed by atoms with Gasteiger partial charge in [0.05, 0.1) is 13.2 Å². The van der Waals surface area contributed by atoms with Crippen LogP contribution in [0, 0.1) is 0 Å². The fourth-order valence-corrected chi connectivity index (χ4v) is 5.01. The van der Waals surface area contributed by atoms with E-state index in [-0.39, 0.29) is 13.2 Å². The van der Waals surface area contributed by atoms with Crippen molar-refractivity contribution in [3.05, 3.63) is 0 Å². The molecule has 0 heterocycles. The lowest BCUT2D eigenvalue weighted by atomic mass is 10.1. The average Bonchev–Trinajstić information content (AvgIpc) is 2.58. The van der Waals surface area contributed by atoms with Gasteiger partial charge in [0.25, 0.3) is 0 Å². The van der Waals surface area contributed by atoms with Gasteiger partial charge in [-0.15, -0.1) is 0 Å². The number of rotatable bonds is 15. The molecule has 0 aromatic carbocycles. The van der Waals surface area contributed by atoms with Crippen LogP contribution in [0.4, 0.5) is 0 Å². The Morgan fingerprint density at radius 2 is 1.23 bits per heavy atom. The molecule has 2 atom stereocenters. The highest BCUT2D eigenvalue weighted by atomic mass is 31.2. The van der Waals surface area contributed by atoms with Crippen molar-refractivity contribution >= 4 is 19.4 Å². The van der Waals surface area contributed by atoms with Crippen molar-refractivity contribution in [2.45, 2.75) is 85.2 Å². The van der Waals surface area contributed by atoms with Crippen molar-refractivity contribution in [3.63, 3.8) is 0 Å². The Hall–Kier alpha value is -0.910. The molecule has 0 rings (SSSR count). The average molecular weight is 392 g/mol. The van der Waals surface area contributed by atoms with Crippen LogP contribution < -0.4 is 10.2 Å². The molecule has 0 amide bonds. The Labute approximate surface area is 158 Å². The van der Waals surface area contributed by atoms with Crippen molar-refractivity contribution in [1.29, 1.82) is 0 Å². The minimum Gasteiger partial charge on any atom is -0.465 e. The van der Waals surface area contributed by atoms with Crippen molar-refractivity contribution in [3.8, 4) is 0 Å². The fraction of sp³-hybridized carbons (Fsp3) is 0.889. The van der Waals surface area contributed by atoms with E-state index in [0.717, 1.165) is 19.3 Å². The van der Waals surface area contributed by atoms with Crippen LogP contribution in [0.5, 0.6) is 0 Å². The highest BCUT2D eigenvalue weighted by molar-refractivity contribution is 7.59. The van der Waals surface area contributed by atoms with Crippen LogP contribution in [0.25, 0.3) is 0 Å². The SMILES string of the molecule is CCCCCCCCP(=O)(N[C@@H](C)C(=O)OCC)N[C@@H](C)C(=O)OCC. The fourth-order valence-electron chi connectivity index (χ4n) is 2.55. The molecule has 7 nitrogen and oxygen atoms in total. The number of esters is 2. The van der Waals surface area contributed by atoms with E-state index in [1.807, 2.05) is 0 Å². The number of hydrogen-bond donors (Lipinski definition) is 2. The largest absolute Gasteiger partial charge is 0.465 e. The maximum absolute atomic E-state index is 13.3. The molecule has 0 radical (unpaired) electrons. The molecule has 0 aromatic heterocycles. The maximum Gasteiger partial charge on any atom is 0.323 e. The highest BCUT2D eigenvalue weighted by Gasteiger charge is 2.31. The van der Waals surface area contributed by atoms with E-state index in [1.54, 1.807) is 27.7 Å². The lowest BCUT2D eigenvalue weighted by Gasteiger charge is -2.26. The first-order chi connectivity index (χ1) is 12.3. The van der Waals surface area contributed by atoms with Crippen molar-refractivity contribution in [1.82, 2.24) is 10.2 Å². The number of carbonyl (C=O) groups is 2. The zero-order valence-electron chi connectivity index (χ0n) is 17.0. The van der Waals surface area contributed by atoms with Gasteiger partial charge in [0.2, 0.25) is 7.44 Å². The molecule has 8 heteroatoms. The molecular weight excluding hydrogens is 355 g/mol. The highest BCUT2D eigenvalue weighted by Crippen LogP contribution is 2.39. The second-order valence-electron chi connectivity index (χ2n) is 6.44. The molecule has 0 aliphatic rings. The van der Waals surface area contributed by atoms with E-state index in [9.17, 15) is 14.2 Å². The summed E-state index contributed by atoms with van der Waals surface area (Å²) in [5, 5.41) is 5.74. The van der Waals surface area contributed by atoms with E-state index >= 15 is 0 Å². The van der Waals surface area contributed by atoms with E-state index < -0.39 is 31.5 Å². The maximum atomic E-state index is 13.3. The van der Waals surface area contributed by atoms with E-state index in [4.69, 9.17) is 9.47 Å². The Morgan fingerprint density at radius 3 is 1.65 bits per heavy atom. The molecule has 0 aromatic rings. The van der Waals surface area contributed by atoms with Crippen molar-refractivity contribution in [2.24, 2.45) is 0 Å². The van der Waals surface area contributed by atoms with Gasteiger partial charge in [-0.1, -0.05) is 39.0 Å². The summed E-state index contributed by atoms with van der Waals surface area (Å²) in [6.45, 7) is 9.36. The van der Waals surface area contributed by atoms with Crippen LogP contribution in [0.1, 0.15) is 73.1 Å². The van der Waals surface area contributed by atoms with Gasteiger partial charge in [-0.25, -0.2) is 10.2 Å². The number of carbonyl (C=O) groups excluding carboxylic acids is 2. The normalized spacial score (nSPS) is 13.9. The first kappa shape index (κ1) is 25.1. The topological polar surface area (TPSA) is 93.7 Å². The Morgan fingerprint density at radius 1 is 0.808 bits per heavy atom. The molecule has 0 saturated heterocycles. The van der Waals surface area contributed by atoms with Crippen LogP contribution in [-0.2, 0) is 23.6 Å². The Kier molecular flexibility index (Phi) is 13.7. The Balaban J connectivity index is 4.81. The van der Waals surface area contributed by atoms with Crippen molar-refractivity contribution in [2.75, 3.05) is 19.4 Å². The third-order valence-corrected chi connectivity index (χ3v) is 6.47. The quantitative estimate of drug-likeness (QED) is 0.250. The van der Waals surface area contributed by atoms with Gasteiger partial charge >= 0.3 is 11.9 Å². The van der Waals surface area contributed by atoms with Crippen LogP contribution in [-0.4, -0.2) is 43.4 Å². The van der Waals surface area contributed by atoms with Gasteiger partial charge in [0.1, 0.15) is 12.1 Å². The predicted octanol–water partition coefficient (Wildman–Crippen LogP) is 3.62. The van der Waals surface area contributed by atoms with E-state index in [2.05, 4.69) is 17.1 Å². The molecular formula is C18H37N2O5P. The van der Waals surface area contributed by atoms with Crippen LogP contribution in [0.3, 0.4) is 0 Å². The summed E-state index contributed by atoms with van der Waals surface area (Å²) in [7, 11) is -3.14. The second kappa shape index (κ2) is 14.2. The summed E-state index contributed by atoms with van der Waals surface area (Å²) in [6, 6.07) is -1.44. The van der Waals surface area contributed by atoms with Crippen LogP contribution in [0.15, 0.2) is 0 Å². The smallest absolute Gasteiger partial charge is 0.323 e. The minimum absolute atomic E-state index is 0.263. The number of nitrogens with one attached hydrogen (secondary N) is 2. The molecule has 0 fully saturated rings. The molecule has 154 valence electrons. The lowest BCUT2D eigenvalue weighted by Crippen LogP contribution is -2.42. The molecule has 0 aliphatic carbocycles. The molecule has 0 unspecified atom stereocenters. The molecule has 0 bridgehead atoms. The van der Waals surface area contributed by atoms with Gasteiger partial charge in [-0.3, -0.25) is 14.2 Å². The van der Waals surface area contributed by atoms with Gasteiger partial charge < -0.3 is 9.47 Å².